The van der Waals surface area contributed by atoms with Crippen LogP contribution in [-0.4, -0.2) is 20.2 Å². The molecule has 4 nitrogen and oxygen atoms in total. The van der Waals surface area contributed by atoms with Gasteiger partial charge in [-0.1, -0.05) is 56.5 Å². The summed E-state index contributed by atoms with van der Waals surface area (Å²) >= 11 is 0. The zero-order valence-corrected chi connectivity index (χ0v) is 10.9. The van der Waals surface area contributed by atoms with Crippen molar-refractivity contribution in [3.8, 4) is 0 Å². The first-order chi connectivity index (χ1) is 8.90. The summed E-state index contributed by atoms with van der Waals surface area (Å²) in [5, 5.41) is 12.0. The average Bonchev–Trinajstić information content (AvgIpc) is 2.83. The van der Waals surface area contributed by atoms with Crippen LogP contribution in [-0.2, 0) is 13.0 Å². The molecule has 96 valence electrons. The fraction of sp³-hybridized carbons (Fsp3) is 0.500. The zero-order valence-electron chi connectivity index (χ0n) is 10.9. The van der Waals surface area contributed by atoms with Crippen LogP contribution in [0, 0.1) is 0 Å². The fourth-order valence-corrected chi connectivity index (χ4v) is 1.99. The molecule has 1 aromatic carbocycles. The van der Waals surface area contributed by atoms with Crippen LogP contribution >= 0.6 is 0 Å². The van der Waals surface area contributed by atoms with Gasteiger partial charge < -0.3 is 0 Å². The quantitative estimate of drug-likeness (QED) is 0.703. The van der Waals surface area contributed by atoms with Crippen LogP contribution in [0.2, 0.25) is 0 Å². The number of unbranched alkanes of at least 4 members (excludes halogenated alkanes) is 3. The summed E-state index contributed by atoms with van der Waals surface area (Å²) in [6.45, 7) is 2.98. The van der Waals surface area contributed by atoms with Gasteiger partial charge >= 0.3 is 0 Å². The van der Waals surface area contributed by atoms with Gasteiger partial charge in [-0.25, -0.2) is 4.68 Å². The smallest absolute Gasteiger partial charge is 0.151 e. The first kappa shape index (κ1) is 12.7. The molecule has 0 unspecified atom stereocenters. The molecule has 0 saturated carbocycles. The number of hydrogen-bond donors (Lipinski definition) is 0. The molecular weight excluding hydrogens is 224 g/mol. The van der Waals surface area contributed by atoms with E-state index >= 15 is 0 Å². The molecule has 0 radical (unpaired) electrons. The molecule has 0 amide bonds. The summed E-state index contributed by atoms with van der Waals surface area (Å²) in [6.07, 6.45) is 5.95. The minimum atomic E-state index is 0.761. The molecule has 18 heavy (non-hydrogen) atoms. The third-order valence-electron chi connectivity index (χ3n) is 3.04. The molecule has 0 aliphatic carbocycles. The highest BCUT2D eigenvalue weighted by Crippen LogP contribution is 2.07. The van der Waals surface area contributed by atoms with Crippen molar-refractivity contribution in [2.24, 2.45) is 0 Å². The highest BCUT2D eigenvalue weighted by Gasteiger charge is 2.05. The number of benzene rings is 1. The van der Waals surface area contributed by atoms with Gasteiger partial charge in [0, 0.05) is 6.42 Å². The van der Waals surface area contributed by atoms with Gasteiger partial charge in [-0.15, -0.1) is 5.10 Å². The largest absolute Gasteiger partial charge is 0.225 e. The van der Waals surface area contributed by atoms with E-state index in [0.717, 1.165) is 18.8 Å². The van der Waals surface area contributed by atoms with Crippen LogP contribution in [0.1, 0.15) is 44.0 Å². The van der Waals surface area contributed by atoms with Gasteiger partial charge in [-0.3, -0.25) is 0 Å². The highest BCUT2D eigenvalue weighted by atomic mass is 15.5. The maximum atomic E-state index is 4.11. The molecule has 0 N–H and O–H groups in total. The molecule has 1 heterocycles. The number of rotatable bonds is 7. The Hall–Kier alpha value is -1.71. The van der Waals surface area contributed by atoms with Crippen molar-refractivity contribution in [2.45, 2.75) is 45.6 Å². The lowest BCUT2D eigenvalue weighted by molar-refractivity contribution is 0.589. The molecule has 2 aromatic rings. The summed E-state index contributed by atoms with van der Waals surface area (Å²) in [5.74, 6) is 0.995. The zero-order chi connectivity index (χ0) is 12.6. The lowest BCUT2D eigenvalue weighted by Crippen LogP contribution is -2.07. The summed E-state index contributed by atoms with van der Waals surface area (Å²) in [4.78, 5) is 0. The van der Waals surface area contributed by atoms with Gasteiger partial charge in [0.2, 0.25) is 0 Å². The Kier molecular flexibility index (Phi) is 4.88. The van der Waals surface area contributed by atoms with Crippen molar-refractivity contribution in [3.05, 3.63) is 41.7 Å². The van der Waals surface area contributed by atoms with Crippen LogP contribution in [0.4, 0.5) is 0 Å². The molecule has 0 aliphatic rings. The van der Waals surface area contributed by atoms with Gasteiger partial charge in [0.25, 0.3) is 0 Å². The second-order valence-electron chi connectivity index (χ2n) is 4.55. The van der Waals surface area contributed by atoms with Crippen molar-refractivity contribution in [3.63, 3.8) is 0 Å². The average molecular weight is 244 g/mol. The molecule has 0 atom stereocenters. The molecular formula is C14H20N4. The van der Waals surface area contributed by atoms with Gasteiger partial charge in [0.05, 0.1) is 6.54 Å². The van der Waals surface area contributed by atoms with Crippen molar-refractivity contribution in [2.75, 3.05) is 0 Å². The van der Waals surface area contributed by atoms with E-state index in [2.05, 4.69) is 34.6 Å². The van der Waals surface area contributed by atoms with Crippen LogP contribution in [0.5, 0.6) is 0 Å². The van der Waals surface area contributed by atoms with Crippen molar-refractivity contribution < 1.29 is 0 Å². The van der Waals surface area contributed by atoms with E-state index in [4.69, 9.17) is 0 Å². The Balaban J connectivity index is 1.91. The normalized spacial score (nSPS) is 10.7. The second kappa shape index (κ2) is 6.89. The number of tetrazole rings is 1. The summed E-state index contributed by atoms with van der Waals surface area (Å²) in [6, 6.07) is 10.3. The van der Waals surface area contributed by atoms with Gasteiger partial charge in [-0.05, 0) is 22.4 Å². The number of aromatic nitrogens is 4. The summed E-state index contributed by atoms with van der Waals surface area (Å²) in [7, 11) is 0. The van der Waals surface area contributed by atoms with Crippen LogP contribution in [0.25, 0.3) is 0 Å². The number of aryl methyl sites for hydroxylation is 1. The molecule has 2 rings (SSSR count). The molecule has 0 spiro atoms. The van der Waals surface area contributed by atoms with Crippen molar-refractivity contribution in [1.29, 1.82) is 0 Å². The Labute approximate surface area is 108 Å². The molecule has 0 saturated heterocycles. The standard InChI is InChI=1S/C14H20N4/c1-2-3-4-8-11-14-15-16-17-18(14)12-13-9-6-5-7-10-13/h5-7,9-10H,2-4,8,11-12H2,1H3. The third kappa shape index (κ3) is 3.65. The Bertz CT molecular complexity index is 450. The molecule has 0 fully saturated rings. The monoisotopic (exact) mass is 244 g/mol. The minimum absolute atomic E-state index is 0.761. The van der Waals surface area contributed by atoms with E-state index in [1.165, 1.54) is 31.2 Å². The number of hydrogen-bond acceptors (Lipinski definition) is 3. The van der Waals surface area contributed by atoms with Crippen LogP contribution < -0.4 is 0 Å². The van der Waals surface area contributed by atoms with Gasteiger partial charge in [-0.2, -0.15) is 0 Å². The molecule has 0 aliphatic heterocycles. The Morgan fingerprint density at radius 1 is 1.06 bits per heavy atom. The lowest BCUT2D eigenvalue weighted by atomic mass is 10.1. The summed E-state index contributed by atoms with van der Waals surface area (Å²) in [5.41, 5.74) is 1.24. The third-order valence-corrected chi connectivity index (χ3v) is 3.04. The second-order valence-corrected chi connectivity index (χ2v) is 4.55. The lowest BCUT2D eigenvalue weighted by Gasteiger charge is -2.04. The Morgan fingerprint density at radius 3 is 2.67 bits per heavy atom. The predicted molar refractivity (Wildman–Crippen MR) is 71.2 cm³/mol. The Morgan fingerprint density at radius 2 is 1.89 bits per heavy atom. The van der Waals surface area contributed by atoms with E-state index in [9.17, 15) is 0 Å². The van der Waals surface area contributed by atoms with E-state index in [1.54, 1.807) is 0 Å². The fourth-order valence-electron chi connectivity index (χ4n) is 1.99. The first-order valence-electron chi connectivity index (χ1n) is 6.69. The van der Waals surface area contributed by atoms with Crippen molar-refractivity contribution in [1.82, 2.24) is 20.2 Å². The SMILES string of the molecule is CCCCCCc1nnnn1Cc1ccccc1. The van der Waals surface area contributed by atoms with Gasteiger partial charge in [0.1, 0.15) is 0 Å². The maximum Gasteiger partial charge on any atom is 0.151 e. The highest BCUT2D eigenvalue weighted by molar-refractivity contribution is 5.14. The van der Waals surface area contributed by atoms with Crippen LogP contribution in [0.3, 0.4) is 0 Å². The molecule has 1 aromatic heterocycles. The van der Waals surface area contributed by atoms with E-state index in [0.29, 0.717) is 0 Å². The predicted octanol–water partition coefficient (Wildman–Crippen LogP) is 2.84. The van der Waals surface area contributed by atoms with Crippen molar-refractivity contribution >= 4 is 0 Å². The minimum Gasteiger partial charge on any atom is -0.225 e. The summed E-state index contributed by atoms with van der Waals surface area (Å²) < 4.78 is 1.90. The number of nitrogens with zero attached hydrogens (tertiary/aromatic N) is 4. The maximum absolute atomic E-state index is 4.11. The van der Waals surface area contributed by atoms with E-state index in [-0.39, 0.29) is 0 Å². The van der Waals surface area contributed by atoms with Gasteiger partial charge in [0.15, 0.2) is 5.82 Å². The van der Waals surface area contributed by atoms with E-state index < -0.39 is 0 Å². The molecule has 0 bridgehead atoms. The molecule has 4 heteroatoms. The topological polar surface area (TPSA) is 43.6 Å². The van der Waals surface area contributed by atoms with E-state index in [1.807, 2.05) is 22.9 Å². The first-order valence-corrected chi connectivity index (χ1v) is 6.69. The van der Waals surface area contributed by atoms with Crippen LogP contribution in [0.15, 0.2) is 30.3 Å².